The summed E-state index contributed by atoms with van der Waals surface area (Å²) >= 11 is 0. The zero-order chi connectivity index (χ0) is 16.5. The molecule has 7 heteroatoms. The maximum Gasteiger partial charge on any atom is 0.225 e. The number of aryl methyl sites for hydroxylation is 1. The summed E-state index contributed by atoms with van der Waals surface area (Å²) in [5, 5.41) is 0. The minimum Gasteiger partial charge on any atom is -0.355 e. The van der Waals surface area contributed by atoms with Gasteiger partial charge >= 0.3 is 0 Å². The highest BCUT2D eigenvalue weighted by atomic mass is 16.2. The first-order chi connectivity index (χ1) is 11.8. The lowest BCUT2D eigenvalue weighted by Crippen LogP contribution is -2.42. The number of carbonyl (C=O) groups excluding carboxylic acids is 1. The summed E-state index contributed by atoms with van der Waals surface area (Å²) < 4.78 is 2.03. The van der Waals surface area contributed by atoms with Gasteiger partial charge in [0.2, 0.25) is 5.91 Å². The van der Waals surface area contributed by atoms with Gasteiger partial charge in [0.1, 0.15) is 6.33 Å². The largest absolute Gasteiger partial charge is 0.355 e. The van der Waals surface area contributed by atoms with Gasteiger partial charge in [0.05, 0.1) is 6.33 Å². The van der Waals surface area contributed by atoms with E-state index in [0.717, 1.165) is 75.4 Å². The van der Waals surface area contributed by atoms with E-state index in [2.05, 4.69) is 26.8 Å². The van der Waals surface area contributed by atoms with E-state index in [1.54, 1.807) is 6.33 Å². The first-order valence-corrected chi connectivity index (χ1v) is 8.97. The Morgan fingerprint density at radius 3 is 2.58 bits per heavy atom. The number of piperidine rings is 1. The zero-order valence-electron chi connectivity index (χ0n) is 14.2. The second-order valence-corrected chi connectivity index (χ2v) is 6.69. The van der Waals surface area contributed by atoms with Crippen molar-refractivity contribution in [2.75, 3.05) is 31.1 Å². The fourth-order valence-corrected chi connectivity index (χ4v) is 3.87. The summed E-state index contributed by atoms with van der Waals surface area (Å²) in [6, 6.07) is 0. The molecule has 0 bridgehead atoms. The number of amides is 1. The molecule has 0 saturated carbocycles. The van der Waals surface area contributed by atoms with Gasteiger partial charge in [-0.05, 0) is 32.6 Å². The van der Waals surface area contributed by atoms with Gasteiger partial charge in [0.25, 0.3) is 0 Å². The molecular weight excluding hydrogens is 304 g/mol. The molecule has 2 aromatic rings. The average molecular weight is 328 g/mol. The Kier molecular flexibility index (Phi) is 4.08. The Labute approximate surface area is 141 Å². The van der Waals surface area contributed by atoms with E-state index < -0.39 is 0 Å². The molecule has 0 spiro atoms. The van der Waals surface area contributed by atoms with Crippen LogP contribution in [0.3, 0.4) is 0 Å². The fourth-order valence-electron chi connectivity index (χ4n) is 3.87. The molecule has 2 aromatic heterocycles. The van der Waals surface area contributed by atoms with Crippen LogP contribution in [0, 0.1) is 5.92 Å². The molecular formula is C17H24N6O. The number of hydrogen-bond donors (Lipinski definition) is 0. The quantitative estimate of drug-likeness (QED) is 0.858. The van der Waals surface area contributed by atoms with Crippen molar-refractivity contribution in [3.8, 4) is 0 Å². The normalized spacial score (nSPS) is 19.4. The lowest BCUT2D eigenvalue weighted by Gasteiger charge is -2.33. The number of aromatic nitrogens is 4. The van der Waals surface area contributed by atoms with E-state index in [1.165, 1.54) is 0 Å². The summed E-state index contributed by atoms with van der Waals surface area (Å²) in [4.78, 5) is 30.2. The van der Waals surface area contributed by atoms with Crippen molar-refractivity contribution in [1.82, 2.24) is 24.4 Å². The highest BCUT2D eigenvalue weighted by Crippen LogP contribution is 2.28. The third kappa shape index (κ3) is 2.61. The van der Waals surface area contributed by atoms with Crippen LogP contribution < -0.4 is 4.90 Å². The molecule has 7 nitrogen and oxygen atoms in total. The molecule has 4 heterocycles. The molecule has 0 radical (unpaired) electrons. The van der Waals surface area contributed by atoms with E-state index in [1.807, 2.05) is 15.8 Å². The number of rotatable bonds is 3. The molecule has 24 heavy (non-hydrogen) atoms. The van der Waals surface area contributed by atoms with Crippen LogP contribution in [-0.4, -0.2) is 56.5 Å². The molecule has 0 aliphatic carbocycles. The number of hydrogen-bond acceptors (Lipinski definition) is 5. The lowest BCUT2D eigenvalue weighted by molar-refractivity contribution is -0.135. The standard InChI is InChI=1S/C17H24N6O/c1-2-21-12-20-14-15(21)18-11-19-16(14)22-9-5-13(6-10-22)17(24)23-7-3-4-8-23/h11-13H,2-10H2,1H3. The fraction of sp³-hybridized carbons (Fsp3) is 0.647. The number of anilines is 1. The van der Waals surface area contributed by atoms with Crippen molar-refractivity contribution in [3.05, 3.63) is 12.7 Å². The Morgan fingerprint density at radius 2 is 1.88 bits per heavy atom. The first kappa shape index (κ1) is 15.4. The number of likely N-dealkylation sites (tertiary alicyclic amines) is 1. The maximum atomic E-state index is 12.6. The van der Waals surface area contributed by atoms with Gasteiger partial charge in [0, 0.05) is 38.6 Å². The third-order valence-electron chi connectivity index (χ3n) is 5.28. The van der Waals surface area contributed by atoms with Crippen molar-refractivity contribution >= 4 is 22.9 Å². The van der Waals surface area contributed by atoms with Crippen LogP contribution in [0.4, 0.5) is 5.82 Å². The van der Waals surface area contributed by atoms with Gasteiger partial charge in [0.15, 0.2) is 17.0 Å². The molecule has 2 saturated heterocycles. The van der Waals surface area contributed by atoms with E-state index in [4.69, 9.17) is 0 Å². The van der Waals surface area contributed by atoms with Gasteiger partial charge in [-0.15, -0.1) is 0 Å². The molecule has 0 aromatic carbocycles. The lowest BCUT2D eigenvalue weighted by atomic mass is 9.95. The molecule has 1 amide bonds. The minimum absolute atomic E-state index is 0.171. The highest BCUT2D eigenvalue weighted by Gasteiger charge is 2.30. The number of fused-ring (bicyclic) bond motifs is 1. The van der Waals surface area contributed by atoms with Crippen LogP contribution >= 0.6 is 0 Å². The van der Waals surface area contributed by atoms with Crippen LogP contribution in [0.2, 0.25) is 0 Å². The smallest absolute Gasteiger partial charge is 0.225 e. The SMILES string of the molecule is CCn1cnc2c(N3CCC(C(=O)N4CCCC4)CC3)ncnc21. The monoisotopic (exact) mass is 328 g/mol. The van der Waals surface area contributed by atoms with Gasteiger partial charge in [-0.3, -0.25) is 4.79 Å². The van der Waals surface area contributed by atoms with Gasteiger partial charge in [-0.1, -0.05) is 0 Å². The predicted molar refractivity (Wildman–Crippen MR) is 91.7 cm³/mol. The van der Waals surface area contributed by atoms with Crippen LogP contribution in [0.5, 0.6) is 0 Å². The molecule has 2 fully saturated rings. The number of imidazole rings is 1. The third-order valence-corrected chi connectivity index (χ3v) is 5.28. The summed E-state index contributed by atoms with van der Waals surface area (Å²) in [6.45, 7) is 6.53. The van der Waals surface area contributed by atoms with Gasteiger partial charge in [-0.25, -0.2) is 15.0 Å². The molecule has 0 unspecified atom stereocenters. The van der Waals surface area contributed by atoms with Gasteiger partial charge in [-0.2, -0.15) is 0 Å². The highest BCUT2D eigenvalue weighted by molar-refractivity contribution is 5.84. The van der Waals surface area contributed by atoms with Crippen LogP contribution in [0.25, 0.3) is 11.2 Å². The van der Waals surface area contributed by atoms with Crippen LogP contribution in [0.1, 0.15) is 32.6 Å². The van der Waals surface area contributed by atoms with E-state index in [-0.39, 0.29) is 5.92 Å². The van der Waals surface area contributed by atoms with Crippen molar-refractivity contribution < 1.29 is 4.79 Å². The van der Waals surface area contributed by atoms with E-state index >= 15 is 0 Å². The second-order valence-electron chi connectivity index (χ2n) is 6.69. The van der Waals surface area contributed by atoms with E-state index in [9.17, 15) is 4.79 Å². The van der Waals surface area contributed by atoms with Crippen molar-refractivity contribution in [3.63, 3.8) is 0 Å². The topological polar surface area (TPSA) is 67.2 Å². The van der Waals surface area contributed by atoms with Gasteiger partial charge < -0.3 is 14.4 Å². The number of nitrogens with zero attached hydrogens (tertiary/aromatic N) is 6. The summed E-state index contributed by atoms with van der Waals surface area (Å²) in [5.74, 6) is 1.43. The Bertz CT molecular complexity index is 728. The Hall–Kier alpha value is -2.18. The summed E-state index contributed by atoms with van der Waals surface area (Å²) in [5.41, 5.74) is 1.75. The zero-order valence-corrected chi connectivity index (χ0v) is 14.2. The van der Waals surface area contributed by atoms with Crippen molar-refractivity contribution in [2.45, 2.75) is 39.2 Å². The summed E-state index contributed by atoms with van der Waals surface area (Å²) in [6.07, 6.45) is 7.55. The molecule has 0 N–H and O–H groups in total. The molecule has 128 valence electrons. The van der Waals surface area contributed by atoms with E-state index in [0.29, 0.717) is 5.91 Å². The molecule has 2 aliphatic heterocycles. The molecule has 0 atom stereocenters. The molecule has 2 aliphatic rings. The van der Waals surface area contributed by atoms with Crippen molar-refractivity contribution in [1.29, 1.82) is 0 Å². The summed E-state index contributed by atoms with van der Waals surface area (Å²) in [7, 11) is 0. The average Bonchev–Trinajstić information content (AvgIpc) is 3.30. The number of carbonyl (C=O) groups is 1. The van der Waals surface area contributed by atoms with Crippen LogP contribution in [0.15, 0.2) is 12.7 Å². The molecule has 4 rings (SSSR count). The Morgan fingerprint density at radius 1 is 1.12 bits per heavy atom. The minimum atomic E-state index is 0.171. The maximum absolute atomic E-state index is 12.6. The predicted octanol–water partition coefficient (Wildman–Crippen LogP) is 1.68. The first-order valence-electron chi connectivity index (χ1n) is 8.97. The van der Waals surface area contributed by atoms with Crippen LogP contribution in [-0.2, 0) is 11.3 Å². The van der Waals surface area contributed by atoms with Crippen molar-refractivity contribution in [2.24, 2.45) is 5.92 Å². The second kappa shape index (κ2) is 6.37. The Balaban J connectivity index is 1.48.